The molecule has 10 heteroatoms. The van der Waals surface area contributed by atoms with Crippen LogP contribution in [0.15, 0.2) is 30.7 Å². The van der Waals surface area contributed by atoms with Crippen molar-refractivity contribution in [2.45, 2.75) is 38.5 Å². The Morgan fingerprint density at radius 1 is 1.31 bits per heavy atom. The average molecular weight is 397 g/mol. The van der Waals surface area contributed by atoms with Crippen LogP contribution in [0, 0.1) is 0 Å². The number of imidazole rings is 1. The molecular formula is C19H19N5O5. The van der Waals surface area contributed by atoms with Crippen LogP contribution >= 0.6 is 0 Å². The van der Waals surface area contributed by atoms with Crippen molar-refractivity contribution >= 4 is 29.4 Å². The molecule has 1 fully saturated rings. The minimum absolute atomic E-state index is 0.164. The molecule has 10 nitrogen and oxygen atoms in total. The fourth-order valence-electron chi connectivity index (χ4n) is 3.68. The Bertz CT molecular complexity index is 1010. The summed E-state index contributed by atoms with van der Waals surface area (Å²) < 4.78 is 1.48. The second kappa shape index (κ2) is 7.38. The van der Waals surface area contributed by atoms with Crippen molar-refractivity contribution < 1.29 is 24.3 Å². The molecule has 2 aromatic rings. The van der Waals surface area contributed by atoms with E-state index in [-0.39, 0.29) is 31.3 Å². The molecular weight excluding hydrogens is 378 g/mol. The molecule has 1 saturated heterocycles. The summed E-state index contributed by atoms with van der Waals surface area (Å²) in [6.07, 6.45) is 3.62. The Labute approximate surface area is 165 Å². The molecule has 3 N–H and O–H groups in total. The zero-order valence-electron chi connectivity index (χ0n) is 15.4. The van der Waals surface area contributed by atoms with Gasteiger partial charge in [0, 0.05) is 36.0 Å². The number of carboxylic acids is 1. The summed E-state index contributed by atoms with van der Waals surface area (Å²) in [5, 5.41) is 14.4. The molecule has 150 valence electrons. The summed E-state index contributed by atoms with van der Waals surface area (Å²) in [7, 11) is 0. The molecule has 0 bridgehead atoms. The summed E-state index contributed by atoms with van der Waals surface area (Å²) in [6.45, 7) is 0.468. The predicted molar refractivity (Wildman–Crippen MR) is 99.7 cm³/mol. The van der Waals surface area contributed by atoms with Crippen molar-refractivity contribution in [3.05, 3.63) is 47.5 Å². The fraction of sp³-hybridized carbons (Fsp3) is 0.316. The maximum absolute atomic E-state index is 12.8. The lowest BCUT2D eigenvalue weighted by molar-refractivity contribution is -0.138. The van der Waals surface area contributed by atoms with Gasteiger partial charge in [-0.05, 0) is 18.6 Å². The van der Waals surface area contributed by atoms with Crippen molar-refractivity contribution in [3.8, 4) is 0 Å². The second-order valence-corrected chi connectivity index (χ2v) is 7.02. The van der Waals surface area contributed by atoms with E-state index in [0.29, 0.717) is 24.2 Å². The van der Waals surface area contributed by atoms with E-state index in [2.05, 4.69) is 15.6 Å². The molecule has 1 aromatic carbocycles. The van der Waals surface area contributed by atoms with E-state index in [1.165, 1.54) is 15.8 Å². The van der Waals surface area contributed by atoms with E-state index in [9.17, 15) is 19.2 Å². The van der Waals surface area contributed by atoms with Gasteiger partial charge in [-0.2, -0.15) is 0 Å². The van der Waals surface area contributed by atoms with Crippen LogP contribution in [0.3, 0.4) is 0 Å². The average Bonchev–Trinajstić information content (AvgIpc) is 3.24. The van der Waals surface area contributed by atoms with Gasteiger partial charge in [0.05, 0.1) is 18.6 Å². The first-order valence-corrected chi connectivity index (χ1v) is 9.15. The molecule has 0 radical (unpaired) electrons. The Kier molecular flexibility index (Phi) is 4.75. The second-order valence-electron chi connectivity index (χ2n) is 7.02. The van der Waals surface area contributed by atoms with Crippen molar-refractivity contribution in [2.24, 2.45) is 0 Å². The number of hydrogen-bond acceptors (Lipinski definition) is 6. The van der Waals surface area contributed by atoms with Gasteiger partial charge < -0.3 is 19.9 Å². The fourth-order valence-corrected chi connectivity index (χ4v) is 3.68. The van der Waals surface area contributed by atoms with E-state index in [0.717, 1.165) is 11.3 Å². The number of aromatic nitrogens is 2. The summed E-state index contributed by atoms with van der Waals surface area (Å²) >= 11 is 0. The number of anilines is 1. The zero-order valence-corrected chi connectivity index (χ0v) is 15.4. The highest BCUT2D eigenvalue weighted by Crippen LogP contribution is 2.32. The molecule has 0 spiro atoms. The number of benzene rings is 1. The minimum atomic E-state index is -0.949. The Morgan fingerprint density at radius 3 is 2.90 bits per heavy atom. The first-order valence-electron chi connectivity index (χ1n) is 9.15. The molecule has 2 aliphatic heterocycles. The standard InChI is InChI=1S/C19H19N5O5/c25-16-5-4-15(18(28)22-16)24-8-13-12(19(24)29)2-1-3-14(13)20-6-11-7-23(10-21-11)9-17(26)27/h1-3,7,10,15,20H,4-6,8-9H2,(H,26,27)(H,22,25,28). The van der Waals surface area contributed by atoms with E-state index in [4.69, 9.17) is 5.11 Å². The topological polar surface area (TPSA) is 134 Å². The molecule has 3 heterocycles. The lowest BCUT2D eigenvalue weighted by Gasteiger charge is -2.29. The number of aliphatic carboxylic acids is 1. The number of rotatable bonds is 6. The molecule has 2 aliphatic rings. The van der Waals surface area contributed by atoms with Crippen LogP contribution in [-0.2, 0) is 34.0 Å². The quantitative estimate of drug-likeness (QED) is 0.599. The number of carbonyl (C=O) groups excluding carboxylic acids is 3. The molecule has 0 saturated carbocycles. The predicted octanol–water partition coefficient (Wildman–Crippen LogP) is 0.341. The summed E-state index contributed by atoms with van der Waals surface area (Å²) in [6, 6.07) is 4.66. The van der Waals surface area contributed by atoms with Crippen molar-refractivity contribution in [1.29, 1.82) is 0 Å². The Balaban J connectivity index is 1.48. The van der Waals surface area contributed by atoms with Gasteiger partial charge in [0.2, 0.25) is 11.8 Å². The number of carboxylic acid groups (broad SMARTS) is 1. The maximum atomic E-state index is 12.8. The minimum Gasteiger partial charge on any atom is -0.480 e. The van der Waals surface area contributed by atoms with Gasteiger partial charge in [0.15, 0.2) is 0 Å². The molecule has 0 aliphatic carbocycles. The van der Waals surface area contributed by atoms with Gasteiger partial charge in [-0.15, -0.1) is 0 Å². The highest BCUT2D eigenvalue weighted by molar-refractivity contribution is 6.06. The number of imide groups is 1. The van der Waals surface area contributed by atoms with Crippen molar-refractivity contribution in [3.63, 3.8) is 0 Å². The first kappa shape index (κ1) is 18.7. The van der Waals surface area contributed by atoms with Crippen LogP contribution < -0.4 is 10.6 Å². The molecule has 4 rings (SSSR count). The number of carbonyl (C=O) groups is 4. The number of piperidine rings is 1. The smallest absolute Gasteiger partial charge is 0.323 e. The molecule has 3 amide bonds. The number of nitrogens with zero attached hydrogens (tertiary/aromatic N) is 3. The van der Waals surface area contributed by atoms with Crippen LogP contribution in [-0.4, -0.2) is 49.3 Å². The normalized spacial score (nSPS) is 18.6. The molecule has 1 aromatic heterocycles. The van der Waals surface area contributed by atoms with Crippen molar-refractivity contribution in [2.75, 3.05) is 5.32 Å². The number of amides is 3. The zero-order chi connectivity index (χ0) is 20.5. The third-order valence-electron chi connectivity index (χ3n) is 5.05. The van der Waals surface area contributed by atoms with Crippen LogP contribution in [0.25, 0.3) is 0 Å². The SMILES string of the molecule is O=C(O)Cn1cnc(CNc2cccc3c2CN(C2CCC(=O)NC2=O)C3=O)c1. The summed E-state index contributed by atoms with van der Waals surface area (Å²) in [4.78, 5) is 52.8. The molecule has 1 atom stereocenters. The largest absolute Gasteiger partial charge is 0.480 e. The van der Waals surface area contributed by atoms with Crippen LogP contribution in [0.1, 0.15) is 34.5 Å². The summed E-state index contributed by atoms with van der Waals surface area (Å²) in [5.74, 6) is -1.94. The van der Waals surface area contributed by atoms with Gasteiger partial charge in [-0.25, -0.2) is 4.98 Å². The highest BCUT2D eigenvalue weighted by atomic mass is 16.4. The third kappa shape index (κ3) is 3.68. The number of hydrogen-bond donors (Lipinski definition) is 3. The van der Waals surface area contributed by atoms with Gasteiger partial charge >= 0.3 is 5.97 Å². The monoisotopic (exact) mass is 397 g/mol. The Morgan fingerprint density at radius 2 is 2.14 bits per heavy atom. The van der Waals surface area contributed by atoms with Gasteiger partial charge in [0.25, 0.3) is 5.91 Å². The highest BCUT2D eigenvalue weighted by Gasteiger charge is 2.39. The van der Waals surface area contributed by atoms with E-state index < -0.39 is 17.9 Å². The Hall–Kier alpha value is -3.69. The van der Waals surface area contributed by atoms with Crippen LogP contribution in [0.5, 0.6) is 0 Å². The van der Waals surface area contributed by atoms with E-state index in [1.54, 1.807) is 18.3 Å². The summed E-state index contributed by atoms with van der Waals surface area (Å²) in [5.41, 5.74) is 2.72. The lowest BCUT2D eigenvalue weighted by Crippen LogP contribution is -2.52. The van der Waals surface area contributed by atoms with Gasteiger partial charge in [0.1, 0.15) is 12.6 Å². The van der Waals surface area contributed by atoms with Gasteiger partial charge in [-0.3, -0.25) is 24.5 Å². The van der Waals surface area contributed by atoms with Crippen LogP contribution in [0.2, 0.25) is 0 Å². The lowest BCUT2D eigenvalue weighted by atomic mass is 10.0. The molecule has 29 heavy (non-hydrogen) atoms. The third-order valence-corrected chi connectivity index (χ3v) is 5.05. The van der Waals surface area contributed by atoms with Crippen molar-refractivity contribution in [1.82, 2.24) is 19.8 Å². The molecule has 1 unspecified atom stereocenters. The van der Waals surface area contributed by atoms with E-state index >= 15 is 0 Å². The van der Waals surface area contributed by atoms with Gasteiger partial charge in [-0.1, -0.05) is 6.07 Å². The van der Waals surface area contributed by atoms with E-state index in [1.807, 2.05) is 6.07 Å². The maximum Gasteiger partial charge on any atom is 0.323 e. The first-order chi connectivity index (χ1) is 13.9. The van der Waals surface area contributed by atoms with Crippen LogP contribution in [0.4, 0.5) is 5.69 Å². The number of fused-ring (bicyclic) bond motifs is 1. The number of nitrogens with one attached hydrogen (secondary N) is 2.